The molecule has 1 unspecified atom stereocenters. The van der Waals surface area contributed by atoms with Crippen molar-refractivity contribution in [3.8, 4) is 23.6 Å². The summed E-state index contributed by atoms with van der Waals surface area (Å²) in [5.41, 5.74) is -2.05. The van der Waals surface area contributed by atoms with Gasteiger partial charge in [0.05, 0.1) is 11.5 Å². The molecule has 0 aliphatic rings. The minimum Gasteiger partial charge on any atom is -0.465 e. The van der Waals surface area contributed by atoms with E-state index in [2.05, 4.69) is 11.0 Å². The molecule has 2 rings (SSSR count). The van der Waals surface area contributed by atoms with Crippen LogP contribution in [0, 0.1) is 12.3 Å². The fraction of sp³-hybridized carbons (Fsp3) is 0.304. The molecular formula is C23H22F4N2O4S. The van der Waals surface area contributed by atoms with E-state index in [0.29, 0.717) is 4.68 Å². The van der Waals surface area contributed by atoms with Crippen LogP contribution < -0.4 is 0 Å². The summed E-state index contributed by atoms with van der Waals surface area (Å²) < 4.78 is 84.9. The zero-order valence-electron chi connectivity index (χ0n) is 18.6. The van der Waals surface area contributed by atoms with Gasteiger partial charge in [-0.2, -0.15) is 18.3 Å². The molecule has 1 atom stereocenters. The lowest BCUT2D eigenvalue weighted by Crippen LogP contribution is -2.21. The number of alkyl halides is 4. The smallest absolute Gasteiger partial charge is 0.433 e. The van der Waals surface area contributed by atoms with Gasteiger partial charge in [-0.3, -0.25) is 4.79 Å². The molecule has 182 valence electrons. The predicted octanol–water partition coefficient (Wildman–Crippen LogP) is 4.47. The van der Waals surface area contributed by atoms with Crippen molar-refractivity contribution in [1.29, 1.82) is 0 Å². The summed E-state index contributed by atoms with van der Waals surface area (Å²) >= 11 is 0. The number of hydrogen-bond donors (Lipinski definition) is 0. The molecule has 2 aromatic rings. The first-order valence-corrected chi connectivity index (χ1v) is 11.8. The topological polar surface area (TPSA) is 78.3 Å². The summed E-state index contributed by atoms with van der Waals surface area (Å²) in [5, 5.41) is 4.00. The third kappa shape index (κ3) is 6.57. The van der Waals surface area contributed by atoms with E-state index in [1.54, 1.807) is 0 Å². The Hall–Kier alpha value is -3.39. The van der Waals surface area contributed by atoms with Gasteiger partial charge in [-0.25, -0.2) is 17.5 Å². The average molecular weight is 498 g/mol. The molecule has 0 bridgehead atoms. The molecule has 0 saturated heterocycles. The monoisotopic (exact) mass is 498 g/mol. The number of esters is 1. The lowest BCUT2D eigenvalue weighted by molar-refractivity contribution is -0.149. The van der Waals surface area contributed by atoms with E-state index in [1.807, 2.05) is 0 Å². The molecule has 0 amide bonds. The Morgan fingerprint density at radius 2 is 1.91 bits per heavy atom. The van der Waals surface area contributed by atoms with Crippen LogP contribution in [0.15, 0.2) is 47.4 Å². The molecule has 11 heteroatoms. The molecule has 0 saturated carbocycles. The highest BCUT2D eigenvalue weighted by molar-refractivity contribution is 7.90. The minimum atomic E-state index is -4.98. The number of nitrogens with zero attached hydrogens (tertiary/aromatic N) is 2. The fourth-order valence-corrected chi connectivity index (χ4v) is 3.69. The Labute approximate surface area is 194 Å². The summed E-state index contributed by atoms with van der Waals surface area (Å²) in [6.07, 6.45) is 2.97. The largest absolute Gasteiger partial charge is 0.465 e. The number of sulfone groups is 1. The molecule has 1 aromatic carbocycles. The van der Waals surface area contributed by atoms with Gasteiger partial charge in [0.15, 0.2) is 15.5 Å². The van der Waals surface area contributed by atoms with Gasteiger partial charge in [-0.15, -0.1) is 6.42 Å². The van der Waals surface area contributed by atoms with E-state index in [9.17, 15) is 30.8 Å². The third-order valence-electron chi connectivity index (χ3n) is 4.43. The molecule has 0 aliphatic heterocycles. The first kappa shape index (κ1) is 26.9. The van der Waals surface area contributed by atoms with Crippen molar-refractivity contribution in [2.75, 3.05) is 12.9 Å². The Bertz CT molecular complexity index is 1250. The van der Waals surface area contributed by atoms with Gasteiger partial charge < -0.3 is 4.74 Å². The number of hydrogen-bond acceptors (Lipinski definition) is 5. The fourth-order valence-electron chi connectivity index (χ4n) is 3.06. The van der Waals surface area contributed by atoms with Crippen molar-refractivity contribution in [3.63, 3.8) is 0 Å². The number of carbonyl (C=O) groups is 1. The zero-order chi connectivity index (χ0) is 25.7. The Morgan fingerprint density at radius 1 is 1.29 bits per heavy atom. The highest BCUT2D eigenvalue weighted by Gasteiger charge is 2.41. The quantitative estimate of drug-likeness (QED) is 0.232. The van der Waals surface area contributed by atoms with Crippen LogP contribution in [0.4, 0.5) is 17.6 Å². The number of carbonyl (C=O) groups excluding carboxylic acids is 1. The SMILES string of the molecule is C#C/C=C(\C=C/C(C)F)c1c(-c2ccc(S(C)(=O)=O)cc2)nn(CC(=O)OCC)c1C(F)(F)F. The van der Waals surface area contributed by atoms with Crippen molar-refractivity contribution in [2.45, 2.75) is 37.6 Å². The summed E-state index contributed by atoms with van der Waals surface area (Å²) in [4.78, 5) is 11.9. The second-order valence-corrected chi connectivity index (χ2v) is 9.15. The number of ether oxygens (including phenoxy) is 1. The van der Waals surface area contributed by atoms with Crippen LogP contribution in [0.1, 0.15) is 25.1 Å². The summed E-state index contributed by atoms with van der Waals surface area (Å²) in [5.74, 6) is 1.19. The maximum atomic E-state index is 14.2. The van der Waals surface area contributed by atoms with Gasteiger partial charge >= 0.3 is 12.1 Å². The predicted molar refractivity (Wildman–Crippen MR) is 119 cm³/mol. The van der Waals surface area contributed by atoms with Crippen LogP contribution >= 0.6 is 0 Å². The van der Waals surface area contributed by atoms with Crippen molar-refractivity contribution in [3.05, 3.63) is 53.8 Å². The van der Waals surface area contributed by atoms with E-state index < -0.39 is 46.0 Å². The maximum Gasteiger partial charge on any atom is 0.433 e. The third-order valence-corrected chi connectivity index (χ3v) is 5.56. The van der Waals surface area contributed by atoms with Gasteiger partial charge in [0.1, 0.15) is 18.4 Å². The van der Waals surface area contributed by atoms with Gasteiger partial charge in [-0.05, 0) is 37.6 Å². The van der Waals surface area contributed by atoms with Crippen molar-refractivity contribution in [2.24, 2.45) is 0 Å². The molecule has 0 N–H and O–H groups in total. The molecular weight excluding hydrogens is 476 g/mol. The molecule has 1 heterocycles. The normalized spacial score (nSPS) is 13.6. The first-order chi connectivity index (χ1) is 15.8. The number of rotatable bonds is 8. The first-order valence-electron chi connectivity index (χ1n) is 9.92. The Balaban J connectivity index is 2.89. The zero-order valence-corrected chi connectivity index (χ0v) is 19.4. The molecule has 0 aliphatic carbocycles. The van der Waals surface area contributed by atoms with E-state index in [4.69, 9.17) is 11.2 Å². The van der Waals surface area contributed by atoms with E-state index in [1.165, 1.54) is 38.1 Å². The summed E-state index contributed by atoms with van der Waals surface area (Å²) in [6, 6.07) is 5.00. The molecule has 0 radical (unpaired) electrons. The van der Waals surface area contributed by atoms with Crippen LogP contribution in [0.3, 0.4) is 0 Å². The number of benzene rings is 1. The van der Waals surface area contributed by atoms with Crippen LogP contribution in [-0.2, 0) is 32.1 Å². The van der Waals surface area contributed by atoms with Gasteiger partial charge in [0, 0.05) is 17.4 Å². The molecule has 34 heavy (non-hydrogen) atoms. The van der Waals surface area contributed by atoms with E-state index >= 15 is 0 Å². The second-order valence-electron chi connectivity index (χ2n) is 7.13. The lowest BCUT2D eigenvalue weighted by Gasteiger charge is -2.13. The van der Waals surface area contributed by atoms with Gasteiger partial charge in [-0.1, -0.05) is 30.2 Å². The minimum absolute atomic E-state index is 0.0481. The second kappa shape index (κ2) is 10.7. The van der Waals surface area contributed by atoms with Gasteiger partial charge in [0.25, 0.3) is 0 Å². The number of terminal acetylenes is 1. The van der Waals surface area contributed by atoms with Crippen molar-refractivity contribution < 1.29 is 35.5 Å². The molecule has 0 spiro atoms. The van der Waals surface area contributed by atoms with E-state index in [-0.39, 0.29) is 28.3 Å². The van der Waals surface area contributed by atoms with Crippen molar-refractivity contribution in [1.82, 2.24) is 9.78 Å². The highest BCUT2D eigenvalue weighted by atomic mass is 32.2. The maximum absolute atomic E-state index is 14.2. The molecule has 6 nitrogen and oxygen atoms in total. The van der Waals surface area contributed by atoms with E-state index in [0.717, 1.165) is 24.5 Å². The molecule has 0 fully saturated rings. The Morgan fingerprint density at radius 3 is 2.38 bits per heavy atom. The van der Waals surface area contributed by atoms with Gasteiger partial charge in [0.2, 0.25) is 0 Å². The number of halogens is 4. The average Bonchev–Trinajstić information content (AvgIpc) is 3.09. The highest BCUT2D eigenvalue weighted by Crippen LogP contribution is 2.41. The summed E-state index contributed by atoms with van der Waals surface area (Å²) in [7, 11) is -3.56. The Kier molecular flexibility index (Phi) is 8.45. The number of aromatic nitrogens is 2. The standard InChI is InChI=1S/C23H22F4N2O4S/c1-5-7-16(9-8-15(3)24)20-21(17-10-12-18(13-11-17)34(4,31)32)28-29(14-19(30)33-6-2)22(20)23(25,26)27/h1,7-13,15H,6,14H2,2-4H3/b9-8-,16-7+. The van der Waals surface area contributed by atoms with Crippen molar-refractivity contribution >= 4 is 21.4 Å². The summed E-state index contributed by atoms with van der Waals surface area (Å²) in [6.45, 7) is 1.79. The lowest BCUT2D eigenvalue weighted by atomic mass is 9.97. The van der Waals surface area contributed by atoms with Crippen LogP contribution in [0.2, 0.25) is 0 Å². The van der Waals surface area contributed by atoms with Crippen LogP contribution in [-0.4, -0.2) is 43.2 Å². The molecule has 1 aromatic heterocycles. The number of allylic oxidation sites excluding steroid dienone is 4. The van der Waals surface area contributed by atoms with Crippen LogP contribution in [0.5, 0.6) is 0 Å². The van der Waals surface area contributed by atoms with Crippen LogP contribution in [0.25, 0.3) is 16.8 Å².